The third-order valence-electron chi connectivity index (χ3n) is 4.41. The summed E-state index contributed by atoms with van der Waals surface area (Å²) in [5.41, 5.74) is 5.80. The molecule has 4 atom stereocenters. The van der Waals surface area contributed by atoms with Crippen LogP contribution >= 0.6 is 12.6 Å². The summed E-state index contributed by atoms with van der Waals surface area (Å²) >= 11 is 4.10. The fourth-order valence-corrected chi connectivity index (χ4v) is 2.77. The van der Waals surface area contributed by atoms with Crippen LogP contribution in [-0.2, 0) is 19.2 Å². The Morgan fingerprint density at radius 1 is 0.828 bits per heavy atom. The van der Waals surface area contributed by atoms with Gasteiger partial charge in [-0.3, -0.25) is 14.4 Å². The van der Waals surface area contributed by atoms with E-state index in [0.29, 0.717) is 0 Å². The molecule has 0 radical (unpaired) electrons. The topological polar surface area (TPSA) is 151 Å². The smallest absolute Gasteiger partial charge is 0.326 e. The average Bonchev–Trinajstić information content (AvgIpc) is 2.61. The minimum atomic E-state index is -1.14. The number of rotatable bonds is 12. The first-order valence-electron chi connectivity index (χ1n) is 9.82. The van der Waals surface area contributed by atoms with Gasteiger partial charge in [-0.05, 0) is 24.2 Å². The molecule has 10 heteroatoms. The molecular formula is C19H36N4O5S. The second-order valence-corrected chi connectivity index (χ2v) is 8.64. The highest BCUT2D eigenvalue weighted by atomic mass is 32.1. The third kappa shape index (κ3) is 9.49. The molecule has 168 valence electrons. The fraction of sp³-hybridized carbons (Fsp3) is 0.789. The molecule has 0 fully saturated rings. The predicted octanol–water partition coefficient (Wildman–Crippen LogP) is 0.141. The van der Waals surface area contributed by atoms with Crippen LogP contribution in [0.25, 0.3) is 0 Å². The molecule has 0 spiro atoms. The molecule has 0 rings (SSSR count). The molecule has 29 heavy (non-hydrogen) atoms. The van der Waals surface area contributed by atoms with Crippen LogP contribution in [0.3, 0.4) is 0 Å². The first kappa shape index (κ1) is 27.2. The van der Waals surface area contributed by atoms with Crippen LogP contribution in [0, 0.1) is 17.8 Å². The second kappa shape index (κ2) is 12.7. The first-order chi connectivity index (χ1) is 13.3. The summed E-state index contributed by atoms with van der Waals surface area (Å²) in [5.74, 6) is -3.13. The molecule has 0 aliphatic heterocycles. The van der Waals surface area contributed by atoms with Crippen molar-refractivity contribution in [2.24, 2.45) is 23.5 Å². The number of carboxylic acid groups (broad SMARTS) is 1. The van der Waals surface area contributed by atoms with E-state index in [4.69, 9.17) is 5.73 Å². The number of nitrogens with two attached hydrogens (primary N) is 1. The minimum absolute atomic E-state index is 0.0138. The van der Waals surface area contributed by atoms with E-state index in [9.17, 15) is 24.3 Å². The van der Waals surface area contributed by atoms with Crippen molar-refractivity contribution in [3.8, 4) is 0 Å². The van der Waals surface area contributed by atoms with Gasteiger partial charge in [-0.2, -0.15) is 12.6 Å². The third-order valence-corrected chi connectivity index (χ3v) is 4.77. The Labute approximate surface area is 178 Å². The fourth-order valence-electron chi connectivity index (χ4n) is 2.51. The molecule has 0 saturated heterocycles. The van der Waals surface area contributed by atoms with E-state index < -0.39 is 47.9 Å². The first-order valence-corrected chi connectivity index (χ1v) is 10.4. The summed E-state index contributed by atoms with van der Waals surface area (Å²) in [6, 6.07) is -3.77. The Hall–Kier alpha value is -1.81. The van der Waals surface area contributed by atoms with Gasteiger partial charge in [-0.1, -0.05) is 41.5 Å². The Balaban J connectivity index is 5.20. The van der Waals surface area contributed by atoms with Crippen molar-refractivity contribution in [3.63, 3.8) is 0 Å². The number of carbonyl (C=O) groups excluding carboxylic acids is 3. The molecule has 4 unspecified atom stereocenters. The van der Waals surface area contributed by atoms with Crippen LogP contribution in [-0.4, -0.2) is 58.7 Å². The molecule has 9 nitrogen and oxygen atoms in total. The molecule has 0 saturated carbocycles. The summed E-state index contributed by atoms with van der Waals surface area (Å²) in [6.45, 7) is 10.7. The van der Waals surface area contributed by atoms with Gasteiger partial charge in [-0.25, -0.2) is 4.79 Å². The van der Waals surface area contributed by atoms with Crippen LogP contribution in [0.5, 0.6) is 0 Å². The van der Waals surface area contributed by atoms with Crippen molar-refractivity contribution in [1.29, 1.82) is 0 Å². The highest BCUT2D eigenvalue weighted by Gasteiger charge is 2.31. The number of nitrogens with one attached hydrogen (secondary N) is 3. The lowest BCUT2D eigenvalue weighted by molar-refractivity contribution is -0.143. The average molecular weight is 433 g/mol. The molecule has 6 N–H and O–H groups in total. The molecule has 0 heterocycles. The van der Waals surface area contributed by atoms with Crippen LogP contribution in [0.4, 0.5) is 0 Å². The lowest BCUT2D eigenvalue weighted by atomic mass is 10.00. The van der Waals surface area contributed by atoms with E-state index in [1.54, 1.807) is 27.7 Å². The Kier molecular flexibility index (Phi) is 11.9. The standard InChI is InChI=1S/C19H36N4O5S/c1-9(2)7-12(19(27)28)21-18(26)15(11(5)6)23-16(24)13(8-29)22-17(25)14(20)10(3)4/h9-15,29H,7-8,20H2,1-6H3,(H,21,26)(H,22,25)(H,23,24)(H,27,28). The van der Waals surface area contributed by atoms with E-state index in [0.717, 1.165) is 0 Å². The van der Waals surface area contributed by atoms with Gasteiger partial charge >= 0.3 is 5.97 Å². The zero-order valence-corrected chi connectivity index (χ0v) is 19.0. The van der Waals surface area contributed by atoms with Gasteiger partial charge in [0.15, 0.2) is 0 Å². The van der Waals surface area contributed by atoms with E-state index >= 15 is 0 Å². The maximum Gasteiger partial charge on any atom is 0.326 e. The zero-order valence-electron chi connectivity index (χ0n) is 18.1. The number of carboxylic acids is 1. The molecule has 0 aliphatic rings. The summed E-state index contributed by atoms with van der Waals surface area (Å²) in [7, 11) is 0. The van der Waals surface area contributed by atoms with Crippen molar-refractivity contribution >= 4 is 36.3 Å². The predicted molar refractivity (Wildman–Crippen MR) is 114 cm³/mol. The lowest BCUT2D eigenvalue weighted by Crippen LogP contribution is -2.59. The number of aliphatic carboxylic acids is 1. The highest BCUT2D eigenvalue weighted by molar-refractivity contribution is 7.80. The Morgan fingerprint density at radius 3 is 1.72 bits per heavy atom. The number of amides is 3. The Morgan fingerprint density at radius 2 is 1.34 bits per heavy atom. The molecule has 0 aromatic heterocycles. The molecule has 3 amide bonds. The summed E-state index contributed by atoms with van der Waals surface area (Å²) in [6.07, 6.45) is 0.266. The van der Waals surface area contributed by atoms with Gasteiger partial charge < -0.3 is 26.8 Å². The quantitative estimate of drug-likeness (QED) is 0.241. The van der Waals surface area contributed by atoms with Crippen molar-refractivity contribution in [1.82, 2.24) is 16.0 Å². The van der Waals surface area contributed by atoms with E-state index in [2.05, 4.69) is 28.6 Å². The van der Waals surface area contributed by atoms with Crippen LogP contribution in [0.1, 0.15) is 48.0 Å². The Bertz CT molecular complexity index is 583. The van der Waals surface area contributed by atoms with Crippen molar-refractivity contribution < 1.29 is 24.3 Å². The van der Waals surface area contributed by atoms with Crippen molar-refractivity contribution in [3.05, 3.63) is 0 Å². The zero-order chi connectivity index (χ0) is 22.9. The minimum Gasteiger partial charge on any atom is -0.480 e. The van der Waals surface area contributed by atoms with Crippen LogP contribution in [0.2, 0.25) is 0 Å². The van der Waals surface area contributed by atoms with Gasteiger partial charge in [0.25, 0.3) is 0 Å². The molecule has 0 aliphatic carbocycles. The summed E-state index contributed by atoms with van der Waals surface area (Å²) in [5, 5.41) is 16.9. The number of hydrogen-bond donors (Lipinski definition) is 6. The lowest BCUT2D eigenvalue weighted by Gasteiger charge is -2.27. The van der Waals surface area contributed by atoms with Crippen LogP contribution in [0.15, 0.2) is 0 Å². The van der Waals surface area contributed by atoms with E-state index in [1.807, 2.05) is 13.8 Å². The maximum absolute atomic E-state index is 12.6. The largest absolute Gasteiger partial charge is 0.480 e. The maximum atomic E-state index is 12.6. The highest BCUT2D eigenvalue weighted by Crippen LogP contribution is 2.08. The normalized spacial score (nSPS) is 15.6. The van der Waals surface area contributed by atoms with Gasteiger partial charge in [0, 0.05) is 5.75 Å². The molecule has 0 bridgehead atoms. The van der Waals surface area contributed by atoms with Crippen LogP contribution < -0.4 is 21.7 Å². The molecule has 0 aromatic carbocycles. The van der Waals surface area contributed by atoms with E-state index in [1.165, 1.54) is 0 Å². The van der Waals surface area contributed by atoms with Gasteiger partial charge in [0.2, 0.25) is 17.7 Å². The summed E-state index contributed by atoms with van der Waals surface area (Å²) < 4.78 is 0. The summed E-state index contributed by atoms with van der Waals surface area (Å²) in [4.78, 5) is 48.8. The van der Waals surface area contributed by atoms with Crippen molar-refractivity contribution in [2.75, 3.05) is 5.75 Å². The number of hydrogen-bond acceptors (Lipinski definition) is 6. The van der Waals surface area contributed by atoms with Crippen molar-refractivity contribution in [2.45, 2.75) is 72.1 Å². The molecule has 0 aromatic rings. The van der Waals surface area contributed by atoms with Gasteiger partial charge in [0.05, 0.1) is 6.04 Å². The van der Waals surface area contributed by atoms with Gasteiger partial charge in [-0.15, -0.1) is 0 Å². The van der Waals surface area contributed by atoms with Gasteiger partial charge in [0.1, 0.15) is 18.1 Å². The SMILES string of the molecule is CC(C)CC(NC(=O)C(NC(=O)C(CS)NC(=O)C(N)C(C)C)C(C)C)C(=O)O. The number of carbonyl (C=O) groups is 4. The monoisotopic (exact) mass is 432 g/mol. The second-order valence-electron chi connectivity index (χ2n) is 8.27. The van der Waals surface area contributed by atoms with E-state index in [-0.39, 0.29) is 29.9 Å². The molecular weight excluding hydrogens is 396 g/mol. The number of thiol groups is 1.